The molecule has 1 unspecified atom stereocenters. The molecule has 3 heterocycles. The lowest BCUT2D eigenvalue weighted by Gasteiger charge is -2.19. The minimum absolute atomic E-state index is 0.0140. The number of nitrogen functional groups attached to an aromatic ring is 1. The fourth-order valence-electron chi connectivity index (χ4n) is 4.92. The molecule has 1 amide bonds. The van der Waals surface area contributed by atoms with Crippen molar-refractivity contribution in [1.29, 1.82) is 0 Å². The molecule has 5 aromatic rings. The van der Waals surface area contributed by atoms with Crippen molar-refractivity contribution in [3.8, 4) is 11.1 Å². The highest BCUT2D eigenvalue weighted by molar-refractivity contribution is 6.01. The van der Waals surface area contributed by atoms with E-state index in [1.807, 2.05) is 53.3 Å². The summed E-state index contributed by atoms with van der Waals surface area (Å²) in [6.07, 6.45) is 5.36. The number of aromatic nitrogens is 5. The fraction of sp³-hybridized carbons (Fsp3) is 0.300. The maximum absolute atomic E-state index is 13.5. The van der Waals surface area contributed by atoms with Crippen molar-refractivity contribution in [2.45, 2.75) is 39.7 Å². The molecule has 0 spiro atoms. The van der Waals surface area contributed by atoms with Crippen molar-refractivity contribution in [2.24, 2.45) is 5.92 Å². The topological polar surface area (TPSA) is 111 Å². The first-order chi connectivity index (χ1) is 18.8. The van der Waals surface area contributed by atoms with Crippen LogP contribution in [0.4, 0.5) is 5.82 Å². The van der Waals surface area contributed by atoms with Crippen LogP contribution >= 0.6 is 0 Å². The van der Waals surface area contributed by atoms with Gasteiger partial charge in [-0.25, -0.2) is 9.50 Å². The van der Waals surface area contributed by atoms with Crippen LogP contribution in [0.1, 0.15) is 49.2 Å². The number of hydrogen-bond donors (Lipinski definition) is 1. The molecule has 1 atom stereocenters. The molecule has 0 bridgehead atoms. The summed E-state index contributed by atoms with van der Waals surface area (Å²) < 4.78 is 3.54. The summed E-state index contributed by atoms with van der Waals surface area (Å²) in [6.45, 7) is 4.92. The number of carbonyl (C=O) groups excluding carboxylic acids is 2. The van der Waals surface area contributed by atoms with E-state index in [9.17, 15) is 9.59 Å². The number of hydrogen-bond acceptors (Lipinski definition) is 6. The normalized spacial score (nSPS) is 12.2. The van der Waals surface area contributed by atoms with Gasteiger partial charge < -0.3 is 10.6 Å². The average molecular weight is 524 g/mol. The van der Waals surface area contributed by atoms with E-state index in [1.54, 1.807) is 23.4 Å². The van der Waals surface area contributed by atoms with Crippen LogP contribution in [-0.2, 0) is 11.3 Å². The highest BCUT2D eigenvalue weighted by atomic mass is 16.2. The van der Waals surface area contributed by atoms with Gasteiger partial charge in [0.1, 0.15) is 17.5 Å². The zero-order chi connectivity index (χ0) is 27.5. The maximum atomic E-state index is 13.5. The monoisotopic (exact) mass is 523 g/mol. The molecule has 3 aromatic heterocycles. The third-order valence-electron chi connectivity index (χ3n) is 7.38. The first-order valence-corrected chi connectivity index (χ1v) is 13.2. The van der Waals surface area contributed by atoms with E-state index in [-0.39, 0.29) is 17.6 Å². The second-order valence-corrected chi connectivity index (χ2v) is 10.1. The van der Waals surface area contributed by atoms with Gasteiger partial charge in [0.05, 0.1) is 12.1 Å². The molecule has 2 aromatic carbocycles. The summed E-state index contributed by atoms with van der Waals surface area (Å²) in [4.78, 5) is 31.0. The Labute approximate surface area is 227 Å². The molecule has 0 radical (unpaired) electrons. The molecule has 0 saturated carbocycles. The van der Waals surface area contributed by atoms with E-state index in [2.05, 4.69) is 29.1 Å². The molecular weight excluding hydrogens is 490 g/mol. The van der Waals surface area contributed by atoms with Gasteiger partial charge >= 0.3 is 0 Å². The zero-order valence-electron chi connectivity index (χ0n) is 22.5. The van der Waals surface area contributed by atoms with Gasteiger partial charge in [0.15, 0.2) is 11.6 Å². The summed E-state index contributed by atoms with van der Waals surface area (Å²) in [6, 6.07) is 18.1. The van der Waals surface area contributed by atoms with Gasteiger partial charge in [-0.05, 0) is 35.6 Å². The van der Waals surface area contributed by atoms with Gasteiger partial charge in [0.2, 0.25) is 5.91 Å². The Hall–Kier alpha value is -4.53. The van der Waals surface area contributed by atoms with E-state index < -0.39 is 0 Å². The van der Waals surface area contributed by atoms with Gasteiger partial charge in [-0.15, -0.1) is 0 Å². The van der Waals surface area contributed by atoms with E-state index >= 15 is 0 Å². The van der Waals surface area contributed by atoms with E-state index in [0.29, 0.717) is 36.5 Å². The summed E-state index contributed by atoms with van der Waals surface area (Å²) >= 11 is 0. The molecule has 39 heavy (non-hydrogen) atoms. The van der Waals surface area contributed by atoms with Crippen LogP contribution in [0.5, 0.6) is 0 Å². The molecule has 200 valence electrons. The van der Waals surface area contributed by atoms with Crippen LogP contribution in [0.3, 0.4) is 0 Å². The number of ketones is 1. The van der Waals surface area contributed by atoms with Crippen LogP contribution in [0.2, 0.25) is 0 Å². The van der Waals surface area contributed by atoms with Crippen molar-refractivity contribution in [1.82, 2.24) is 29.3 Å². The summed E-state index contributed by atoms with van der Waals surface area (Å²) in [7, 11) is 1.78. The third kappa shape index (κ3) is 5.52. The lowest BCUT2D eigenvalue weighted by Crippen LogP contribution is -2.26. The molecule has 9 nitrogen and oxygen atoms in total. The van der Waals surface area contributed by atoms with E-state index in [1.165, 1.54) is 11.9 Å². The fourth-order valence-corrected chi connectivity index (χ4v) is 4.92. The maximum Gasteiger partial charge on any atom is 0.219 e. The summed E-state index contributed by atoms with van der Waals surface area (Å²) in [5.74, 6) is 0.466. The molecule has 0 fully saturated rings. The molecule has 2 N–H and O–H groups in total. The first-order valence-electron chi connectivity index (χ1n) is 13.2. The lowest BCUT2D eigenvalue weighted by molar-refractivity contribution is -0.127. The van der Waals surface area contributed by atoms with E-state index in [4.69, 9.17) is 10.8 Å². The molecule has 0 aliphatic heterocycles. The number of nitrogens with zero attached hydrogens (tertiary/aromatic N) is 6. The largest absolute Gasteiger partial charge is 0.382 e. The Morgan fingerprint density at radius 3 is 2.64 bits per heavy atom. The number of fused-ring (bicyclic) bond motifs is 2. The Kier molecular flexibility index (Phi) is 7.40. The second-order valence-electron chi connectivity index (χ2n) is 10.1. The van der Waals surface area contributed by atoms with Crippen LogP contribution in [0, 0.1) is 5.92 Å². The van der Waals surface area contributed by atoms with Gasteiger partial charge in [0, 0.05) is 44.1 Å². The number of carbonyl (C=O) groups is 2. The van der Waals surface area contributed by atoms with Gasteiger partial charge in [0.25, 0.3) is 0 Å². The Morgan fingerprint density at radius 2 is 1.90 bits per heavy atom. The summed E-state index contributed by atoms with van der Waals surface area (Å²) in [5, 5.41) is 10.2. The van der Waals surface area contributed by atoms with Crippen molar-refractivity contribution >= 4 is 33.9 Å². The van der Waals surface area contributed by atoms with Gasteiger partial charge in [-0.2, -0.15) is 10.2 Å². The van der Waals surface area contributed by atoms with Crippen molar-refractivity contribution < 1.29 is 9.59 Å². The van der Waals surface area contributed by atoms with Crippen LogP contribution in [0.15, 0.2) is 67.1 Å². The smallest absolute Gasteiger partial charge is 0.219 e. The number of benzene rings is 2. The first kappa shape index (κ1) is 26.1. The SMILES string of the molecule is CCC(CCN(C)C(C)=O)CC(=O)c1cc(-c2ccc3cn(Cc4ccccc4)nc3c2)c2c(N)ncnn12. The van der Waals surface area contributed by atoms with Crippen molar-refractivity contribution in [3.05, 3.63) is 78.4 Å². The molecule has 5 rings (SSSR count). The van der Waals surface area contributed by atoms with Crippen LogP contribution < -0.4 is 5.73 Å². The summed E-state index contributed by atoms with van der Waals surface area (Å²) in [5.41, 5.74) is 11.1. The third-order valence-corrected chi connectivity index (χ3v) is 7.38. The molecule has 0 aliphatic carbocycles. The highest BCUT2D eigenvalue weighted by Crippen LogP contribution is 2.33. The van der Waals surface area contributed by atoms with Crippen LogP contribution in [0.25, 0.3) is 27.5 Å². The van der Waals surface area contributed by atoms with E-state index in [0.717, 1.165) is 34.9 Å². The molecule has 0 aliphatic rings. The molecular formula is C30H33N7O2. The van der Waals surface area contributed by atoms with Gasteiger partial charge in [-0.1, -0.05) is 55.8 Å². The number of Topliss-reactive ketones (excluding diaryl/α,β-unsaturated/α-hetero) is 1. The second kappa shape index (κ2) is 11.1. The molecule has 9 heteroatoms. The number of amides is 1. The Balaban J connectivity index is 1.45. The highest BCUT2D eigenvalue weighted by Gasteiger charge is 2.23. The number of anilines is 1. The lowest BCUT2D eigenvalue weighted by atomic mass is 9.94. The quantitative estimate of drug-likeness (QED) is 0.262. The Bertz CT molecular complexity index is 1640. The van der Waals surface area contributed by atoms with Crippen LogP contribution in [-0.4, -0.2) is 54.6 Å². The van der Waals surface area contributed by atoms with Crippen molar-refractivity contribution in [3.63, 3.8) is 0 Å². The van der Waals surface area contributed by atoms with Crippen molar-refractivity contribution in [2.75, 3.05) is 19.3 Å². The number of rotatable bonds is 10. The Morgan fingerprint density at radius 1 is 1.10 bits per heavy atom. The molecule has 0 saturated heterocycles. The standard InChI is InChI=1S/C30H33N7O2/c1-4-21(12-13-35(3)20(2)38)14-28(39)27-16-25(29-30(31)32-19-33-37(27)29)23-10-11-24-18-36(34-26(24)15-23)17-22-8-6-5-7-9-22/h5-11,15-16,18-19,21H,4,12-14,17H2,1-3H3,(H2,31,32,33). The predicted molar refractivity (Wildman–Crippen MR) is 152 cm³/mol. The average Bonchev–Trinajstić information content (AvgIpc) is 3.52. The van der Waals surface area contributed by atoms with Gasteiger partial charge in [-0.3, -0.25) is 14.3 Å². The predicted octanol–water partition coefficient (Wildman–Crippen LogP) is 4.84. The number of nitrogens with two attached hydrogens (primary N) is 1. The minimum Gasteiger partial charge on any atom is -0.382 e. The minimum atomic E-state index is -0.0140. The zero-order valence-corrected chi connectivity index (χ0v) is 22.5.